The highest BCUT2D eigenvalue weighted by molar-refractivity contribution is 5.93. The standard InChI is InChI=1S/C34H44O8/c35-31(36)29(32(37)38)19-11-3-9-17-27-25(23-13-5-1-6-14-23)21-22-26(24-15-7-2-8-16-24)28(27)18-10-4-12-20-30(33(39)40)34(41)42/h1-2,5-8,13-16,25-30H,3-4,9-12,17-22H2,(H,35,36)(H,37,38)(H,39,40)(H,41,42). The van der Waals surface area contributed by atoms with E-state index in [-0.39, 0.29) is 12.8 Å². The molecule has 1 aliphatic rings. The van der Waals surface area contributed by atoms with Crippen molar-refractivity contribution in [2.45, 2.75) is 88.9 Å². The summed E-state index contributed by atoms with van der Waals surface area (Å²) < 4.78 is 0. The van der Waals surface area contributed by atoms with Gasteiger partial charge >= 0.3 is 23.9 Å². The van der Waals surface area contributed by atoms with Crippen molar-refractivity contribution >= 4 is 23.9 Å². The fraction of sp³-hybridized carbons (Fsp3) is 0.529. The number of rotatable bonds is 18. The number of hydrogen-bond acceptors (Lipinski definition) is 4. The molecule has 228 valence electrons. The van der Waals surface area contributed by atoms with E-state index in [4.69, 9.17) is 0 Å². The maximum Gasteiger partial charge on any atom is 0.317 e. The molecular formula is C34H44O8. The lowest BCUT2D eigenvalue weighted by molar-refractivity contribution is -0.156. The third kappa shape index (κ3) is 9.43. The van der Waals surface area contributed by atoms with Crippen LogP contribution in [0, 0.1) is 23.7 Å². The van der Waals surface area contributed by atoms with E-state index in [1.165, 1.54) is 11.1 Å². The van der Waals surface area contributed by atoms with Crippen LogP contribution in [0.1, 0.15) is 100 Å². The minimum absolute atomic E-state index is 0.126. The van der Waals surface area contributed by atoms with Crippen molar-refractivity contribution in [2.75, 3.05) is 0 Å². The second-order valence-electron chi connectivity index (χ2n) is 11.7. The Morgan fingerprint density at radius 1 is 0.524 bits per heavy atom. The topological polar surface area (TPSA) is 149 Å². The Bertz CT molecular complexity index is 1030. The summed E-state index contributed by atoms with van der Waals surface area (Å²) in [4.78, 5) is 45.1. The van der Waals surface area contributed by atoms with Gasteiger partial charge in [-0.25, -0.2) is 0 Å². The minimum Gasteiger partial charge on any atom is -0.481 e. The Hall–Kier alpha value is -3.68. The lowest BCUT2D eigenvalue weighted by Crippen LogP contribution is -2.33. The van der Waals surface area contributed by atoms with Crippen molar-refractivity contribution in [2.24, 2.45) is 23.7 Å². The summed E-state index contributed by atoms with van der Waals surface area (Å²) in [5.74, 6) is -6.37. The number of carboxylic acid groups (broad SMARTS) is 4. The summed E-state index contributed by atoms with van der Waals surface area (Å²) in [5, 5.41) is 36.8. The van der Waals surface area contributed by atoms with Crippen LogP contribution in [-0.2, 0) is 19.2 Å². The zero-order chi connectivity index (χ0) is 30.5. The number of carboxylic acids is 4. The Kier molecular flexibility index (Phi) is 13.0. The molecule has 1 aliphatic carbocycles. The third-order valence-electron chi connectivity index (χ3n) is 9.08. The van der Waals surface area contributed by atoms with E-state index in [2.05, 4.69) is 48.5 Å². The number of aliphatic carboxylic acids is 4. The first kappa shape index (κ1) is 32.8. The van der Waals surface area contributed by atoms with Gasteiger partial charge in [0.1, 0.15) is 0 Å². The average Bonchev–Trinajstić information content (AvgIpc) is 2.96. The molecule has 0 radical (unpaired) electrons. The second kappa shape index (κ2) is 16.7. The number of benzene rings is 2. The number of carbonyl (C=O) groups is 4. The summed E-state index contributed by atoms with van der Waals surface area (Å²) in [7, 11) is 0. The molecule has 0 heterocycles. The van der Waals surface area contributed by atoms with Crippen LogP contribution in [0.2, 0.25) is 0 Å². The van der Waals surface area contributed by atoms with Crippen molar-refractivity contribution in [3.05, 3.63) is 71.8 Å². The van der Waals surface area contributed by atoms with E-state index >= 15 is 0 Å². The van der Waals surface area contributed by atoms with Crippen LogP contribution in [0.5, 0.6) is 0 Å². The molecule has 1 saturated carbocycles. The van der Waals surface area contributed by atoms with Crippen LogP contribution in [-0.4, -0.2) is 44.3 Å². The zero-order valence-electron chi connectivity index (χ0n) is 24.1. The van der Waals surface area contributed by atoms with Gasteiger partial charge in [0, 0.05) is 0 Å². The molecule has 4 N–H and O–H groups in total. The lowest BCUT2D eigenvalue weighted by Gasteiger charge is -2.44. The monoisotopic (exact) mass is 580 g/mol. The first-order chi connectivity index (χ1) is 20.2. The molecule has 42 heavy (non-hydrogen) atoms. The first-order valence-corrected chi connectivity index (χ1v) is 15.2. The van der Waals surface area contributed by atoms with Gasteiger partial charge in [-0.05, 0) is 73.3 Å². The molecule has 3 rings (SSSR count). The molecule has 0 spiro atoms. The summed E-state index contributed by atoms with van der Waals surface area (Å²) >= 11 is 0. The van der Waals surface area contributed by atoms with Crippen molar-refractivity contribution in [3.8, 4) is 0 Å². The molecular weight excluding hydrogens is 536 g/mol. The van der Waals surface area contributed by atoms with Crippen LogP contribution < -0.4 is 0 Å². The van der Waals surface area contributed by atoms with Crippen molar-refractivity contribution in [1.82, 2.24) is 0 Å². The van der Waals surface area contributed by atoms with Crippen LogP contribution >= 0.6 is 0 Å². The Morgan fingerprint density at radius 2 is 0.857 bits per heavy atom. The zero-order valence-corrected chi connectivity index (χ0v) is 24.1. The highest BCUT2D eigenvalue weighted by atomic mass is 16.4. The Morgan fingerprint density at radius 3 is 1.17 bits per heavy atom. The molecule has 0 aromatic heterocycles. The van der Waals surface area contributed by atoms with Gasteiger partial charge < -0.3 is 20.4 Å². The molecule has 0 aliphatic heterocycles. The van der Waals surface area contributed by atoms with Crippen LogP contribution in [0.3, 0.4) is 0 Å². The van der Waals surface area contributed by atoms with E-state index in [1.54, 1.807) is 0 Å². The van der Waals surface area contributed by atoms with E-state index < -0.39 is 35.7 Å². The van der Waals surface area contributed by atoms with Gasteiger partial charge in [-0.2, -0.15) is 0 Å². The van der Waals surface area contributed by atoms with Crippen molar-refractivity contribution in [1.29, 1.82) is 0 Å². The number of hydrogen-bond donors (Lipinski definition) is 4. The molecule has 8 heteroatoms. The Labute approximate surface area is 247 Å². The van der Waals surface area contributed by atoms with Crippen molar-refractivity contribution < 1.29 is 39.6 Å². The largest absolute Gasteiger partial charge is 0.481 e. The van der Waals surface area contributed by atoms with Crippen LogP contribution in [0.15, 0.2) is 60.7 Å². The van der Waals surface area contributed by atoms with E-state index in [0.29, 0.717) is 36.5 Å². The average molecular weight is 581 g/mol. The predicted octanol–water partition coefficient (Wildman–Crippen LogP) is 7.05. The summed E-state index contributed by atoms with van der Waals surface area (Å²) in [5.41, 5.74) is 2.64. The fourth-order valence-corrected chi connectivity index (χ4v) is 6.96. The lowest BCUT2D eigenvalue weighted by atomic mass is 9.60. The minimum atomic E-state index is -1.37. The molecule has 2 aromatic carbocycles. The maximum absolute atomic E-state index is 11.3. The summed E-state index contributed by atoms with van der Waals surface area (Å²) in [6.45, 7) is 0. The van der Waals surface area contributed by atoms with Crippen LogP contribution in [0.4, 0.5) is 0 Å². The Balaban J connectivity index is 1.74. The van der Waals surface area contributed by atoms with Gasteiger partial charge in [0.05, 0.1) is 0 Å². The van der Waals surface area contributed by atoms with Gasteiger partial charge in [-0.3, -0.25) is 19.2 Å². The smallest absolute Gasteiger partial charge is 0.317 e. The number of unbranched alkanes of at least 4 members (excludes halogenated alkanes) is 4. The van der Waals surface area contributed by atoms with Gasteiger partial charge in [-0.1, -0.05) is 99.2 Å². The second-order valence-corrected chi connectivity index (χ2v) is 11.7. The molecule has 1 fully saturated rings. The molecule has 0 amide bonds. The molecule has 0 saturated heterocycles. The van der Waals surface area contributed by atoms with E-state index in [1.807, 2.05) is 12.1 Å². The highest BCUT2D eigenvalue weighted by Crippen LogP contribution is 2.52. The van der Waals surface area contributed by atoms with Gasteiger partial charge in [0.2, 0.25) is 0 Å². The van der Waals surface area contributed by atoms with Crippen LogP contribution in [0.25, 0.3) is 0 Å². The summed E-state index contributed by atoms with van der Waals surface area (Å²) in [6, 6.07) is 21.1. The third-order valence-corrected chi connectivity index (χ3v) is 9.08. The van der Waals surface area contributed by atoms with Gasteiger partial charge in [0.15, 0.2) is 11.8 Å². The SMILES string of the molecule is O=C(O)C(CCCCCC1C(c2ccccc2)CCC(c2ccccc2)C1CCCCCC(C(=O)O)C(=O)O)C(=O)O. The van der Waals surface area contributed by atoms with E-state index in [0.717, 1.165) is 51.4 Å². The maximum atomic E-state index is 11.3. The van der Waals surface area contributed by atoms with Crippen molar-refractivity contribution in [3.63, 3.8) is 0 Å². The fourth-order valence-electron chi connectivity index (χ4n) is 6.96. The quantitative estimate of drug-likeness (QED) is 0.108. The summed E-state index contributed by atoms with van der Waals surface area (Å²) in [6.07, 6.45) is 8.69. The van der Waals surface area contributed by atoms with Gasteiger partial charge in [0.25, 0.3) is 0 Å². The molecule has 0 bridgehead atoms. The molecule has 4 atom stereocenters. The van der Waals surface area contributed by atoms with E-state index in [9.17, 15) is 39.6 Å². The molecule has 4 unspecified atom stereocenters. The van der Waals surface area contributed by atoms with Gasteiger partial charge in [-0.15, -0.1) is 0 Å². The molecule has 2 aromatic rings. The predicted molar refractivity (Wildman–Crippen MR) is 158 cm³/mol. The first-order valence-electron chi connectivity index (χ1n) is 15.2. The molecule has 8 nitrogen and oxygen atoms in total. The highest BCUT2D eigenvalue weighted by Gasteiger charge is 2.39. The normalized spacial score (nSPS) is 20.4.